The van der Waals surface area contributed by atoms with Crippen molar-refractivity contribution in [2.45, 2.75) is 40.2 Å². The van der Waals surface area contributed by atoms with E-state index in [2.05, 4.69) is 55.0 Å². The van der Waals surface area contributed by atoms with Crippen LogP contribution in [0.5, 0.6) is 0 Å². The summed E-state index contributed by atoms with van der Waals surface area (Å²) in [4.78, 5) is 8.65. The molecular weight excluding hydrogens is 340 g/mol. The van der Waals surface area contributed by atoms with Gasteiger partial charge >= 0.3 is 0 Å². The Morgan fingerprint density at radius 1 is 1.37 bits per heavy atom. The van der Waals surface area contributed by atoms with Gasteiger partial charge in [-0.2, -0.15) is 0 Å². The molecule has 0 amide bonds. The van der Waals surface area contributed by atoms with Crippen molar-refractivity contribution in [3.8, 4) is 9.88 Å². The second-order valence-corrected chi connectivity index (χ2v) is 7.80. The van der Waals surface area contributed by atoms with E-state index in [0.717, 1.165) is 23.7 Å². The van der Waals surface area contributed by atoms with Gasteiger partial charge in [0.1, 0.15) is 5.01 Å². The molecule has 0 aromatic carbocycles. The van der Waals surface area contributed by atoms with Crippen molar-refractivity contribution < 1.29 is 0 Å². The van der Waals surface area contributed by atoms with Crippen LogP contribution in [0.4, 0.5) is 0 Å². The van der Waals surface area contributed by atoms with Crippen molar-refractivity contribution in [2.24, 2.45) is 0 Å². The highest BCUT2D eigenvalue weighted by atomic mass is 79.9. The van der Waals surface area contributed by atoms with Crippen molar-refractivity contribution >= 4 is 38.6 Å². The highest BCUT2D eigenvalue weighted by Gasteiger charge is 2.16. The van der Waals surface area contributed by atoms with Crippen LogP contribution in [0.25, 0.3) is 9.88 Å². The third kappa shape index (κ3) is 3.45. The van der Waals surface area contributed by atoms with Gasteiger partial charge in [0.15, 0.2) is 0 Å². The molecule has 5 heteroatoms. The molecule has 2 nitrogen and oxygen atoms in total. The van der Waals surface area contributed by atoms with Crippen LogP contribution in [0.15, 0.2) is 10.5 Å². The summed E-state index contributed by atoms with van der Waals surface area (Å²) >= 11 is 7.19. The molecular formula is C14H19BrN2S2. The highest BCUT2D eigenvalue weighted by Crippen LogP contribution is 2.38. The second kappa shape index (κ2) is 6.48. The maximum Gasteiger partial charge on any atom is 0.133 e. The van der Waals surface area contributed by atoms with E-state index in [4.69, 9.17) is 4.98 Å². The molecule has 1 atom stereocenters. The molecule has 104 valence electrons. The first kappa shape index (κ1) is 15.2. The zero-order valence-electron chi connectivity index (χ0n) is 11.7. The predicted molar refractivity (Wildman–Crippen MR) is 89.3 cm³/mol. The van der Waals surface area contributed by atoms with Crippen LogP contribution in [0, 0.1) is 13.8 Å². The minimum absolute atomic E-state index is 0.385. The number of aryl methyl sites for hydroxylation is 2. The highest BCUT2D eigenvalue weighted by molar-refractivity contribution is 9.10. The minimum Gasteiger partial charge on any atom is -0.309 e. The second-order valence-electron chi connectivity index (χ2n) is 4.66. The Hall–Kier alpha value is -0.230. The van der Waals surface area contributed by atoms with E-state index in [1.165, 1.54) is 19.1 Å². The van der Waals surface area contributed by atoms with Gasteiger partial charge in [-0.05, 0) is 55.7 Å². The normalized spacial score (nSPS) is 12.9. The van der Waals surface area contributed by atoms with Gasteiger partial charge in [-0.3, -0.25) is 0 Å². The molecule has 2 rings (SSSR count). The molecule has 2 aromatic heterocycles. The molecule has 2 aromatic rings. The lowest BCUT2D eigenvalue weighted by Crippen LogP contribution is -2.18. The van der Waals surface area contributed by atoms with Gasteiger partial charge in [0.25, 0.3) is 0 Å². The number of rotatable bonds is 5. The average molecular weight is 359 g/mol. The van der Waals surface area contributed by atoms with E-state index < -0.39 is 0 Å². The number of nitrogens with one attached hydrogen (secondary N) is 1. The lowest BCUT2D eigenvalue weighted by molar-refractivity contribution is 0.575. The standard InChI is InChI=1S/C14H19BrN2S2/c1-5-6-16-8(2)13-9(3)17-14(19-13)12-7-11(15)10(4)18-12/h7-8,16H,5-6H2,1-4H3. The largest absolute Gasteiger partial charge is 0.309 e. The van der Waals surface area contributed by atoms with Crippen LogP contribution in [0.2, 0.25) is 0 Å². The van der Waals surface area contributed by atoms with E-state index in [9.17, 15) is 0 Å². The Morgan fingerprint density at radius 3 is 2.68 bits per heavy atom. The summed E-state index contributed by atoms with van der Waals surface area (Å²) in [5.74, 6) is 0. The van der Waals surface area contributed by atoms with Crippen molar-refractivity contribution in [3.63, 3.8) is 0 Å². The molecule has 0 aliphatic heterocycles. The van der Waals surface area contributed by atoms with E-state index in [1.807, 2.05) is 11.3 Å². The van der Waals surface area contributed by atoms with Gasteiger partial charge in [-0.15, -0.1) is 22.7 Å². The fourth-order valence-electron chi connectivity index (χ4n) is 1.93. The number of hydrogen-bond donors (Lipinski definition) is 1. The Labute approximate surface area is 131 Å². The molecule has 0 radical (unpaired) electrons. The van der Waals surface area contributed by atoms with E-state index in [0.29, 0.717) is 6.04 Å². The molecule has 0 bridgehead atoms. The van der Waals surface area contributed by atoms with Crippen molar-refractivity contribution in [2.75, 3.05) is 6.54 Å². The zero-order chi connectivity index (χ0) is 14.0. The number of aromatic nitrogens is 1. The van der Waals surface area contributed by atoms with Crippen LogP contribution >= 0.6 is 38.6 Å². The summed E-state index contributed by atoms with van der Waals surface area (Å²) in [7, 11) is 0. The Kier molecular flexibility index (Phi) is 5.17. The van der Waals surface area contributed by atoms with Gasteiger partial charge in [0.05, 0.1) is 10.6 Å². The zero-order valence-corrected chi connectivity index (χ0v) is 14.9. The lowest BCUT2D eigenvalue weighted by atomic mass is 10.2. The number of thiophene rings is 1. The fourth-order valence-corrected chi connectivity index (χ4v) is 4.61. The SMILES string of the molecule is CCCNC(C)c1sc(-c2cc(Br)c(C)s2)nc1C. The molecule has 0 aliphatic carbocycles. The van der Waals surface area contributed by atoms with Crippen LogP contribution in [-0.4, -0.2) is 11.5 Å². The Bertz CT molecular complexity index is 540. The first-order valence-electron chi connectivity index (χ1n) is 6.50. The number of nitrogens with zero attached hydrogens (tertiary/aromatic N) is 1. The van der Waals surface area contributed by atoms with Crippen LogP contribution in [0.1, 0.15) is 41.8 Å². The average Bonchev–Trinajstić information content (AvgIpc) is 2.91. The summed E-state index contributed by atoms with van der Waals surface area (Å²) < 4.78 is 1.18. The Morgan fingerprint density at radius 2 is 2.11 bits per heavy atom. The summed E-state index contributed by atoms with van der Waals surface area (Å²) in [5, 5.41) is 4.67. The molecule has 2 heterocycles. The van der Waals surface area contributed by atoms with Crippen LogP contribution in [0.3, 0.4) is 0 Å². The van der Waals surface area contributed by atoms with Gasteiger partial charge in [0.2, 0.25) is 0 Å². The molecule has 0 aliphatic rings. The summed E-state index contributed by atoms with van der Waals surface area (Å²) in [6.45, 7) is 9.70. The van der Waals surface area contributed by atoms with Gasteiger partial charge in [0, 0.05) is 20.3 Å². The first-order chi connectivity index (χ1) is 9.02. The molecule has 0 spiro atoms. The monoisotopic (exact) mass is 358 g/mol. The molecule has 0 fully saturated rings. The third-order valence-corrected chi connectivity index (χ3v) is 6.64. The molecule has 0 saturated carbocycles. The number of thiazole rings is 1. The smallest absolute Gasteiger partial charge is 0.133 e. The van der Waals surface area contributed by atoms with E-state index >= 15 is 0 Å². The summed E-state index contributed by atoms with van der Waals surface area (Å²) in [5.41, 5.74) is 1.15. The van der Waals surface area contributed by atoms with E-state index in [1.54, 1.807) is 11.3 Å². The van der Waals surface area contributed by atoms with E-state index in [-0.39, 0.29) is 0 Å². The lowest BCUT2D eigenvalue weighted by Gasteiger charge is -2.11. The Balaban J connectivity index is 2.25. The van der Waals surface area contributed by atoms with Crippen LogP contribution < -0.4 is 5.32 Å². The van der Waals surface area contributed by atoms with Gasteiger partial charge in [-0.25, -0.2) is 4.98 Å². The maximum absolute atomic E-state index is 4.73. The van der Waals surface area contributed by atoms with Gasteiger partial charge in [-0.1, -0.05) is 6.92 Å². The number of halogens is 1. The van der Waals surface area contributed by atoms with Crippen LogP contribution in [-0.2, 0) is 0 Å². The summed E-state index contributed by atoms with van der Waals surface area (Å²) in [6, 6.07) is 2.56. The molecule has 0 saturated heterocycles. The molecule has 19 heavy (non-hydrogen) atoms. The fraction of sp³-hybridized carbons (Fsp3) is 0.500. The van der Waals surface area contributed by atoms with Crippen molar-refractivity contribution in [1.29, 1.82) is 0 Å². The minimum atomic E-state index is 0.385. The number of hydrogen-bond acceptors (Lipinski definition) is 4. The third-order valence-electron chi connectivity index (χ3n) is 2.99. The van der Waals surface area contributed by atoms with Gasteiger partial charge < -0.3 is 5.32 Å². The topological polar surface area (TPSA) is 24.9 Å². The van der Waals surface area contributed by atoms with Crippen molar-refractivity contribution in [1.82, 2.24) is 10.3 Å². The summed E-state index contributed by atoms with van der Waals surface area (Å²) in [6.07, 6.45) is 1.16. The maximum atomic E-state index is 4.73. The molecule has 1 unspecified atom stereocenters. The first-order valence-corrected chi connectivity index (χ1v) is 8.92. The molecule has 1 N–H and O–H groups in total. The quantitative estimate of drug-likeness (QED) is 0.782. The van der Waals surface area contributed by atoms with Crippen molar-refractivity contribution in [3.05, 3.63) is 26.0 Å². The predicted octanol–water partition coefficient (Wildman–Crippen LogP) is 5.31.